The summed E-state index contributed by atoms with van der Waals surface area (Å²) in [7, 11) is 3.46. The van der Waals surface area contributed by atoms with Gasteiger partial charge in [0.1, 0.15) is 5.82 Å². The van der Waals surface area contributed by atoms with Crippen molar-refractivity contribution in [1.82, 2.24) is 25.0 Å². The molecule has 2 N–H and O–H groups in total. The molecule has 0 atom stereocenters. The van der Waals surface area contributed by atoms with Gasteiger partial charge < -0.3 is 9.80 Å². The topological polar surface area (TPSA) is 94.2 Å². The molecular weight excluding hydrogens is 260 g/mol. The molecule has 8 nitrogen and oxygen atoms in total. The molecule has 0 unspecified atom stereocenters. The summed E-state index contributed by atoms with van der Waals surface area (Å²) in [5.74, 6) is 0.784. The molecule has 0 bridgehead atoms. The van der Waals surface area contributed by atoms with Crippen LogP contribution in [-0.2, 0) is 4.79 Å². The highest BCUT2D eigenvalue weighted by atomic mass is 16.2. The maximum absolute atomic E-state index is 12.1. The van der Waals surface area contributed by atoms with E-state index in [0.29, 0.717) is 37.7 Å². The molecule has 20 heavy (non-hydrogen) atoms. The van der Waals surface area contributed by atoms with Crippen LogP contribution >= 0.6 is 0 Å². The van der Waals surface area contributed by atoms with E-state index in [1.54, 1.807) is 30.8 Å². The minimum absolute atomic E-state index is 0.00606. The maximum Gasteiger partial charge on any atom is 0.319 e. The van der Waals surface area contributed by atoms with Gasteiger partial charge in [0.25, 0.3) is 0 Å². The van der Waals surface area contributed by atoms with E-state index in [1.165, 1.54) is 0 Å². The molecule has 2 rings (SSSR count). The van der Waals surface area contributed by atoms with Gasteiger partial charge in [-0.25, -0.2) is 4.79 Å². The van der Waals surface area contributed by atoms with Gasteiger partial charge in [-0.1, -0.05) is 0 Å². The second kappa shape index (κ2) is 5.89. The Kier molecular flexibility index (Phi) is 4.21. The predicted octanol–water partition coefficient (Wildman–Crippen LogP) is 0.445. The lowest BCUT2D eigenvalue weighted by Gasteiger charge is -2.32. The third kappa shape index (κ3) is 3.25. The number of likely N-dealkylation sites (tertiary alicyclic amines) is 1. The Morgan fingerprint density at radius 3 is 2.50 bits per heavy atom. The monoisotopic (exact) mass is 280 g/mol. The van der Waals surface area contributed by atoms with Gasteiger partial charge in [-0.3, -0.25) is 15.2 Å². The van der Waals surface area contributed by atoms with Crippen molar-refractivity contribution in [2.75, 3.05) is 32.5 Å². The first kappa shape index (κ1) is 14.3. The van der Waals surface area contributed by atoms with E-state index in [0.717, 1.165) is 0 Å². The van der Waals surface area contributed by atoms with E-state index < -0.39 is 0 Å². The second-order valence-corrected chi connectivity index (χ2v) is 5.17. The molecule has 1 aromatic rings. The van der Waals surface area contributed by atoms with E-state index in [9.17, 15) is 9.59 Å². The van der Waals surface area contributed by atoms with Gasteiger partial charge in [0.15, 0.2) is 0 Å². The molecule has 1 aliphatic heterocycles. The predicted molar refractivity (Wildman–Crippen MR) is 73.1 cm³/mol. The molecule has 110 valence electrons. The van der Waals surface area contributed by atoms with Gasteiger partial charge >= 0.3 is 6.03 Å². The lowest BCUT2D eigenvalue weighted by Crippen LogP contribution is -2.45. The number of piperidine rings is 1. The van der Waals surface area contributed by atoms with Crippen molar-refractivity contribution < 1.29 is 9.59 Å². The fraction of sp³-hybridized carbons (Fsp3) is 0.667. The highest BCUT2D eigenvalue weighted by Gasteiger charge is 2.28. The fourth-order valence-electron chi connectivity index (χ4n) is 2.23. The highest BCUT2D eigenvalue weighted by Crippen LogP contribution is 2.19. The Hall–Kier alpha value is -2.12. The van der Waals surface area contributed by atoms with Gasteiger partial charge in [0.2, 0.25) is 11.9 Å². The zero-order valence-corrected chi connectivity index (χ0v) is 12.0. The van der Waals surface area contributed by atoms with Crippen LogP contribution in [0.3, 0.4) is 0 Å². The quantitative estimate of drug-likeness (QED) is 0.822. The van der Waals surface area contributed by atoms with Gasteiger partial charge in [-0.05, 0) is 19.8 Å². The number of aryl methyl sites for hydroxylation is 1. The number of H-pyrrole nitrogens is 1. The molecule has 0 aliphatic carbocycles. The zero-order chi connectivity index (χ0) is 14.7. The van der Waals surface area contributed by atoms with Crippen molar-refractivity contribution in [2.24, 2.45) is 5.92 Å². The van der Waals surface area contributed by atoms with E-state index in [-0.39, 0.29) is 17.9 Å². The number of anilines is 1. The normalized spacial score (nSPS) is 16.1. The number of aromatic nitrogens is 3. The second-order valence-electron chi connectivity index (χ2n) is 5.17. The summed E-state index contributed by atoms with van der Waals surface area (Å²) >= 11 is 0. The molecule has 1 fully saturated rings. The number of hydrogen-bond acceptors (Lipinski definition) is 4. The van der Waals surface area contributed by atoms with Crippen LogP contribution in [0.4, 0.5) is 10.7 Å². The van der Waals surface area contributed by atoms with Crippen LogP contribution in [0.5, 0.6) is 0 Å². The van der Waals surface area contributed by atoms with Crippen molar-refractivity contribution in [3.05, 3.63) is 5.82 Å². The van der Waals surface area contributed by atoms with E-state index in [2.05, 4.69) is 20.5 Å². The molecular formula is C12H20N6O2. The lowest BCUT2D eigenvalue weighted by molar-refractivity contribution is -0.121. The maximum atomic E-state index is 12.1. The molecule has 0 saturated carbocycles. The van der Waals surface area contributed by atoms with Crippen molar-refractivity contribution >= 4 is 17.9 Å². The van der Waals surface area contributed by atoms with Crippen molar-refractivity contribution in [1.29, 1.82) is 0 Å². The summed E-state index contributed by atoms with van der Waals surface area (Å²) in [4.78, 5) is 31.2. The minimum atomic E-state index is -0.0972. The Morgan fingerprint density at radius 1 is 1.35 bits per heavy atom. The minimum Gasteiger partial charge on any atom is -0.331 e. The SMILES string of the molecule is Cc1nc(NC(=O)C2CCN(C(=O)N(C)C)CC2)n[nH]1. The van der Waals surface area contributed by atoms with Crippen molar-refractivity contribution in [3.8, 4) is 0 Å². The van der Waals surface area contributed by atoms with Gasteiger partial charge in [0, 0.05) is 33.1 Å². The first-order chi connectivity index (χ1) is 9.47. The van der Waals surface area contributed by atoms with Gasteiger partial charge in [-0.2, -0.15) is 4.98 Å². The summed E-state index contributed by atoms with van der Waals surface area (Å²) < 4.78 is 0. The van der Waals surface area contributed by atoms with Crippen LogP contribution in [-0.4, -0.2) is 64.1 Å². The smallest absolute Gasteiger partial charge is 0.319 e. The number of carbonyl (C=O) groups excluding carboxylic acids is 2. The standard InChI is InChI=1S/C12H20N6O2/c1-8-13-11(16-15-8)14-10(19)9-4-6-18(7-5-9)12(20)17(2)3/h9H,4-7H2,1-3H3,(H2,13,14,15,16,19). The number of aromatic amines is 1. The third-order valence-electron chi connectivity index (χ3n) is 3.35. The number of nitrogens with zero attached hydrogens (tertiary/aromatic N) is 4. The number of rotatable bonds is 2. The molecule has 8 heteroatoms. The van der Waals surface area contributed by atoms with Gasteiger partial charge in [-0.15, -0.1) is 5.10 Å². The summed E-state index contributed by atoms with van der Waals surface area (Å²) in [6.07, 6.45) is 1.32. The fourth-order valence-corrected chi connectivity index (χ4v) is 2.23. The third-order valence-corrected chi connectivity index (χ3v) is 3.35. The van der Waals surface area contributed by atoms with Crippen LogP contribution in [0.15, 0.2) is 0 Å². The molecule has 0 spiro atoms. The van der Waals surface area contributed by atoms with Crippen LogP contribution < -0.4 is 5.32 Å². The number of carbonyl (C=O) groups is 2. The zero-order valence-electron chi connectivity index (χ0n) is 12.0. The molecule has 2 heterocycles. The Balaban J connectivity index is 1.84. The number of amides is 3. The average molecular weight is 280 g/mol. The van der Waals surface area contributed by atoms with Crippen LogP contribution in [0, 0.1) is 12.8 Å². The summed E-state index contributed by atoms with van der Waals surface area (Å²) in [6, 6.07) is -0.00606. The largest absolute Gasteiger partial charge is 0.331 e. The summed E-state index contributed by atoms with van der Waals surface area (Å²) in [5.41, 5.74) is 0. The van der Waals surface area contributed by atoms with Crippen LogP contribution in [0.1, 0.15) is 18.7 Å². The Morgan fingerprint density at radius 2 is 2.00 bits per heavy atom. The molecule has 1 aliphatic rings. The van der Waals surface area contributed by atoms with Crippen LogP contribution in [0.2, 0.25) is 0 Å². The molecule has 3 amide bonds. The number of urea groups is 1. The van der Waals surface area contributed by atoms with Crippen molar-refractivity contribution in [2.45, 2.75) is 19.8 Å². The van der Waals surface area contributed by atoms with E-state index in [4.69, 9.17) is 0 Å². The lowest BCUT2D eigenvalue weighted by atomic mass is 9.96. The Bertz CT molecular complexity index is 490. The number of nitrogens with one attached hydrogen (secondary N) is 2. The summed E-state index contributed by atoms with van der Waals surface area (Å²) in [6.45, 7) is 2.97. The molecule has 1 saturated heterocycles. The highest BCUT2D eigenvalue weighted by molar-refractivity contribution is 5.91. The van der Waals surface area contributed by atoms with Gasteiger partial charge in [0.05, 0.1) is 0 Å². The molecule has 0 radical (unpaired) electrons. The van der Waals surface area contributed by atoms with Crippen molar-refractivity contribution in [3.63, 3.8) is 0 Å². The first-order valence-electron chi connectivity index (χ1n) is 6.63. The molecule has 1 aromatic heterocycles. The van der Waals surface area contributed by atoms with E-state index >= 15 is 0 Å². The average Bonchev–Trinajstić information content (AvgIpc) is 2.83. The number of hydrogen-bond donors (Lipinski definition) is 2. The van der Waals surface area contributed by atoms with E-state index in [1.807, 2.05) is 0 Å². The Labute approximate surface area is 117 Å². The first-order valence-corrected chi connectivity index (χ1v) is 6.63. The van der Waals surface area contributed by atoms with Crippen LogP contribution in [0.25, 0.3) is 0 Å². The summed E-state index contributed by atoms with van der Waals surface area (Å²) in [5, 5.41) is 9.25. The molecule has 0 aromatic carbocycles.